The third-order valence-electron chi connectivity index (χ3n) is 5.41. The number of benzene rings is 2. The lowest BCUT2D eigenvalue weighted by atomic mass is 9.95. The first kappa shape index (κ1) is 22.3. The number of anilines is 2. The molecule has 4 rings (SSSR count). The Morgan fingerprint density at radius 2 is 1.79 bits per heavy atom. The van der Waals surface area contributed by atoms with Crippen LogP contribution in [0.2, 0.25) is 0 Å². The second-order valence-electron chi connectivity index (χ2n) is 7.65. The number of aromatic nitrogens is 2. The van der Waals surface area contributed by atoms with E-state index >= 15 is 0 Å². The third-order valence-corrected chi connectivity index (χ3v) is 5.41. The molecule has 0 radical (unpaired) electrons. The van der Waals surface area contributed by atoms with Gasteiger partial charge in [0.05, 0.1) is 12.2 Å². The predicted octanol–water partition coefficient (Wildman–Crippen LogP) is 4.30. The van der Waals surface area contributed by atoms with Crippen LogP contribution >= 0.6 is 0 Å². The smallest absolute Gasteiger partial charge is 0.338 e. The number of amides is 1. The Balaban J connectivity index is 1.36. The van der Waals surface area contributed by atoms with Crippen LogP contribution in [0.25, 0.3) is 0 Å². The summed E-state index contributed by atoms with van der Waals surface area (Å²) in [5.74, 6) is 1.21. The molecule has 0 unspecified atom stereocenters. The van der Waals surface area contributed by atoms with Crippen LogP contribution in [-0.2, 0) is 9.53 Å². The molecule has 1 amide bonds. The van der Waals surface area contributed by atoms with Gasteiger partial charge in [-0.1, -0.05) is 24.3 Å². The summed E-state index contributed by atoms with van der Waals surface area (Å²) >= 11 is 0. The normalized spacial score (nSPS) is 13.9. The van der Waals surface area contributed by atoms with Crippen LogP contribution in [0.15, 0.2) is 67.0 Å². The molecule has 0 aliphatic carbocycles. The van der Waals surface area contributed by atoms with Gasteiger partial charge in [0.2, 0.25) is 5.91 Å². The molecule has 33 heavy (non-hydrogen) atoms. The number of carbonyl (C=O) groups excluding carboxylic acids is 2. The topological polar surface area (TPSA) is 93.7 Å². The van der Waals surface area contributed by atoms with Gasteiger partial charge in [-0.2, -0.15) is 0 Å². The lowest BCUT2D eigenvalue weighted by Crippen LogP contribution is -2.38. The number of esters is 1. The highest BCUT2D eigenvalue weighted by atomic mass is 16.5. The van der Waals surface area contributed by atoms with Crippen molar-refractivity contribution in [2.24, 2.45) is 5.92 Å². The van der Waals surface area contributed by atoms with E-state index in [0.29, 0.717) is 61.2 Å². The minimum atomic E-state index is -0.403. The van der Waals surface area contributed by atoms with Crippen molar-refractivity contribution in [2.75, 3.05) is 29.9 Å². The molecule has 170 valence electrons. The summed E-state index contributed by atoms with van der Waals surface area (Å²) in [6.07, 6.45) is 4.59. The lowest BCUT2D eigenvalue weighted by Gasteiger charge is -2.32. The highest BCUT2D eigenvalue weighted by Crippen LogP contribution is 2.31. The van der Waals surface area contributed by atoms with E-state index in [1.165, 1.54) is 0 Å². The summed E-state index contributed by atoms with van der Waals surface area (Å²) in [7, 11) is 0. The maximum Gasteiger partial charge on any atom is 0.338 e. The van der Waals surface area contributed by atoms with Gasteiger partial charge in [-0.25, -0.2) is 14.8 Å². The molecule has 0 atom stereocenters. The van der Waals surface area contributed by atoms with Crippen LogP contribution in [0.3, 0.4) is 0 Å². The SMILES string of the molecule is CCOC(=O)c1cccc(NC(=O)C2CCN(c3nccnc3Oc3ccccc3)CC2)c1. The fourth-order valence-corrected chi connectivity index (χ4v) is 3.74. The number of piperidine rings is 1. The molecule has 1 aromatic heterocycles. The van der Waals surface area contributed by atoms with Gasteiger partial charge in [-0.05, 0) is 50.1 Å². The van der Waals surface area contributed by atoms with Crippen LogP contribution in [0.1, 0.15) is 30.1 Å². The van der Waals surface area contributed by atoms with Gasteiger partial charge in [-0.15, -0.1) is 0 Å². The fourth-order valence-electron chi connectivity index (χ4n) is 3.74. The maximum atomic E-state index is 12.8. The van der Waals surface area contributed by atoms with Gasteiger partial charge in [-0.3, -0.25) is 4.79 Å². The number of hydrogen-bond acceptors (Lipinski definition) is 7. The van der Waals surface area contributed by atoms with Crippen molar-refractivity contribution in [2.45, 2.75) is 19.8 Å². The van der Waals surface area contributed by atoms with Crippen molar-refractivity contribution in [1.29, 1.82) is 0 Å². The molecule has 3 aromatic rings. The molecule has 2 aromatic carbocycles. The monoisotopic (exact) mass is 446 g/mol. The number of ether oxygens (including phenoxy) is 2. The fraction of sp³-hybridized carbons (Fsp3) is 0.280. The van der Waals surface area contributed by atoms with Crippen molar-refractivity contribution < 1.29 is 19.1 Å². The summed E-state index contributed by atoms with van der Waals surface area (Å²) in [5, 5.41) is 2.93. The molecule has 8 heteroatoms. The van der Waals surface area contributed by atoms with Crippen LogP contribution in [-0.4, -0.2) is 41.5 Å². The summed E-state index contributed by atoms with van der Waals surface area (Å²) in [4.78, 5) is 35.7. The zero-order chi connectivity index (χ0) is 23.0. The maximum absolute atomic E-state index is 12.8. The second kappa shape index (κ2) is 10.6. The van der Waals surface area contributed by atoms with Gasteiger partial charge in [0.15, 0.2) is 5.82 Å². The van der Waals surface area contributed by atoms with Gasteiger partial charge in [0, 0.05) is 37.1 Å². The molecule has 0 bridgehead atoms. The van der Waals surface area contributed by atoms with E-state index in [1.54, 1.807) is 43.6 Å². The number of nitrogens with one attached hydrogen (secondary N) is 1. The first-order valence-corrected chi connectivity index (χ1v) is 11.0. The number of carbonyl (C=O) groups is 2. The van der Waals surface area contributed by atoms with Crippen LogP contribution in [0.5, 0.6) is 11.6 Å². The van der Waals surface area contributed by atoms with Crippen molar-refractivity contribution in [1.82, 2.24) is 9.97 Å². The summed E-state index contributed by atoms with van der Waals surface area (Å²) < 4.78 is 11.0. The zero-order valence-electron chi connectivity index (χ0n) is 18.4. The van der Waals surface area contributed by atoms with Crippen molar-refractivity contribution in [3.8, 4) is 11.6 Å². The highest BCUT2D eigenvalue weighted by Gasteiger charge is 2.27. The lowest BCUT2D eigenvalue weighted by molar-refractivity contribution is -0.120. The first-order valence-electron chi connectivity index (χ1n) is 11.0. The quantitative estimate of drug-likeness (QED) is 0.541. The minimum absolute atomic E-state index is 0.0597. The molecule has 1 saturated heterocycles. The molecular formula is C25H26N4O4. The van der Waals surface area contributed by atoms with Crippen LogP contribution in [0.4, 0.5) is 11.5 Å². The predicted molar refractivity (Wildman–Crippen MR) is 125 cm³/mol. The Morgan fingerprint density at radius 3 is 2.55 bits per heavy atom. The van der Waals surface area contributed by atoms with Gasteiger partial charge in [0.25, 0.3) is 5.88 Å². The highest BCUT2D eigenvalue weighted by molar-refractivity contribution is 5.95. The van der Waals surface area contributed by atoms with Crippen molar-refractivity contribution >= 4 is 23.4 Å². The Morgan fingerprint density at radius 1 is 1.03 bits per heavy atom. The minimum Gasteiger partial charge on any atom is -0.462 e. The molecule has 1 aliphatic heterocycles. The first-order chi connectivity index (χ1) is 16.1. The van der Waals surface area contributed by atoms with E-state index in [-0.39, 0.29) is 11.8 Å². The van der Waals surface area contributed by atoms with Crippen molar-refractivity contribution in [3.63, 3.8) is 0 Å². The third kappa shape index (κ3) is 5.65. The van der Waals surface area contributed by atoms with E-state index < -0.39 is 5.97 Å². The van der Waals surface area contributed by atoms with Crippen LogP contribution in [0, 0.1) is 5.92 Å². The average Bonchev–Trinajstić information content (AvgIpc) is 2.85. The number of rotatable bonds is 7. The molecule has 0 saturated carbocycles. The Hall–Kier alpha value is -3.94. The van der Waals surface area contributed by atoms with Gasteiger partial charge in [0.1, 0.15) is 5.75 Å². The molecule has 2 heterocycles. The largest absolute Gasteiger partial charge is 0.462 e. The van der Waals surface area contributed by atoms with Gasteiger partial charge >= 0.3 is 5.97 Å². The standard InChI is InChI=1S/C25H26N4O4/c1-2-32-25(31)19-7-6-8-20(17-19)28-23(30)18-11-15-29(16-12-18)22-24(27-14-13-26-22)33-21-9-4-3-5-10-21/h3-10,13-14,17-18H,2,11-12,15-16H2,1H3,(H,28,30). The number of hydrogen-bond donors (Lipinski definition) is 1. The van der Waals surface area contributed by atoms with Crippen molar-refractivity contribution in [3.05, 3.63) is 72.6 Å². The Bertz CT molecular complexity index is 1100. The molecule has 1 aliphatic rings. The van der Waals surface area contributed by atoms with E-state index in [2.05, 4.69) is 20.2 Å². The summed E-state index contributed by atoms with van der Waals surface area (Å²) in [5.41, 5.74) is 0.999. The van der Waals surface area contributed by atoms with Gasteiger partial charge < -0.3 is 19.7 Å². The molecular weight excluding hydrogens is 420 g/mol. The Labute approximate surface area is 192 Å². The molecule has 1 N–H and O–H groups in total. The van der Waals surface area contributed by atoms with E-state index in [9.17, 15) is 9.59 Å². The van der Waals surface area contributed by atoms with Crippen LogP contribution < -0.4 is 15.0 Å². The Kier molecular flexibility index (Phi) is 7.14. The molecule has 1 fully saturated rings. The van der Waals surface area contributed by atoms with E-state index in [1.807, 2.05) is 30.3 Å². The zero-order valence-corrected chi connectivity index (χ0v) is 18.4. The number of nitrogens with zero attached hydrogens (tertiary/aromatic N) is 3. The summed E-state index contributed by atoms with van der Waals surface area (Å²) in [6, 6.07) is 16.3. The second-order valence-corrected chi connectivity index (χ2v) is 7.65. The average molecular weight is 447 g/mol. The summed E-state index contributed by atoms with van der Waals surface area (Å²) in [6.45, 7) is 3.38. The number of para-hydroxylation sites is 1. The molecule has 0 spiro atoms. The van der Waals surface area contributed by atoms with E-state index in [0.717, 1.165) is 0 Å². The molecule has 8 nitrogen and oxygen atoms in total. The van der Waals surface area contributed by atoms with E-state index in [4.69, 9.17) is 9.47 Å².